The molecular weight excluding hydrogens is 291 g/mol. The molecule has 0 saturated heterocycles. The Kier molecular flexibility index (Phi) is 5.57. The van der Waals surface area contributed by atoms with Gasteiger partial charge < -0.3 is 4.52 Å². The molecule has 2 rings (SSSR count). The van der Waals surface area contributed by atoms with Crippen molar-refractivity contribution in [3.8, 4) is 5.75 Å². The summed E-state index contributed by atoms with van der Waals surface area (Å²) in [4.78, 5) is 11.9. The van der Waals surface area contributed by atoms with E-state index < -0.39 is 7.82 Å². The summed E-state index contributed by atoms with van der Waals surface area (Å²) in [5.74, 6) is 0.309. The molecule has 0 aliphatic heterocycles. The highest BCUT2D eigenvalue weighted by atomic mass is 31.2. The number of hydrogen-bond donors (Lipinski definition) is 0. The molecule has 0 N–H and O–H groups in total. The lowest BCUT2D eigenvalue weighted by atomic mass is 10.1. The highest BCUT2D eigenvalue weighted by Gasteiger charge is 2.32. The summed E-state index contributed by atoms with van der Waals surface area (Å²) in [6.45, 7) is 4.38. The van der Waals surface area contributed by atoms with Crippen molar-refractivity contribution in [3.63, 3.8) is 0 Å². The van der Waals surface area contributed by atoms with Crippen molar-refractivity contribution < 1.29 is 22.9 Å². The third-order valence-electron chi connectivity index (χ3n) is 3.13. The normalized spacial score (nSPS) is 14.3. The van der Waals surface area contributed by atoms with Gasteiger partial charge in [0.2, 0.25) is 0 Å². The van der Waals surface area contributed by atoms with E-state index in [4.69, 9.17) is 13.6 Å². The second kappa shape index (κ2) is 7.21. The Morgan fingerprint density at radius 2 is 1.76 bits per heavy atom. The predicted octanol–water partition coefficient (Wildman–Crippen LogP) is 4.16. The number of Topliss-reactive ketones (excluding diaryl/α,β-unsaturated/α-hetero) is 1. The predicted molar refractivity (Wildman–Crippen MR) is 79.8 cm³/mol. The Labute approximate surface area is 125 Å². The largest absolute Gasteiger partial charge is 0.530 e. The van der Waals surface area contributed by atoms with Crippen LogP contribution in [-0.2, 0) is 20.0 Å². The number of ketones is 1. The minimum Gasteiger partial charge on any atom is -0.403 e. The maximum Gasteiger partial charge on any atom is 0.530 e. The maximum atomic E-state index is 12.6. The second-order valence-electron chi connectivity index (χ2n) is 4.92. The van der Waals surface area contributed by atoms with E-state index in [1.807, 2.05) is 19.9 Å². The fourth-order valence-corrected chi connectivity index (χ4v) is 3.55. The molecule has 0 radical (unpaired) electrons. The zero-order valence-electron chi connectivity index (χ0n) is 12.5. The van der Waals surface area contributed by atoms with Crippen LogP contribution in [0.5, 0.6) is 5.75 Å². The molecule has 1 aromatic carbocycles. The van der Waals surface area contributed by atoms with Crippen molar-refractivity contribution in [1.29, 1.82) is 0 Å². The van der Waals surface area contributed by atoms with Gasteiger partial charge in [-0.1, -0.05) is 26.0 Å². The summed E-state index contributed by atoms with van der Waals surface area (Å²) in [7, 11) is -3.69. The van der Waals surface area contributed by atoms with Gasteiger partial charge in [-0.25, -0.2) is 4.57 Å². The number of aryl methyl sites for hydroxylation is 1. The van der Waals surface area contributed by atoms with E-state index in [1.54, 1.807) is 12.1 Å². The Morgan fingerprint density at radius 3 is 2.38 bits per heavy atom. The standard InChI is InChI=1S/C15H21O5P/c1-3-10-18-21(17,19-11-4-2)20-14-7-5-6-12-8-9-13(16)15(12)14/h5-7H,3-4,8-11H2,1-2H3. The second-order valence-corrected chi connectivity index (χ2v) is 6.51. The maximum absolute atomic E-state index is 12.6. The fourth-order valence-electron chi connectivity index (χ4n) is 2.17. The molecule has 116 valence electrons. The van der Waals surface area contributed by atoms with Crippen molar-refractivity contribution in [3.05, 3.63) is 29.3 Å². The van der Waals surface area contributed by atoms with Crippen LogP contribution in [0, 0.1) is 0 Å². The zero-order chi connectivity index (χ0) is 15.3. The minimum atomic E-state index is -3.69. The Bertz CT molecular complexity index is 543. The van der Waals surface area contributed by atoms with Gasteiger partial charge in [0.05, 0.1) is 18.8 Å². The SMILES string of the molecule is CCCOP(=O)(OCCC)Oc1cccc2c1C(=O)CC2. The minimum absolute atomic E-state index is 0.0122. The number of carbonyl (C=O) groups is 1. The number of rotatable bonds is 8. The first-order valence-electron chi connectivity index (χ1n) is 7.33. The highest BCUT2D eigenvalue weighted by molar-refractivity contribution is 7.48. The molecule has 1 aliphatic rings. The lowest BCUT2D eigenvalue weighted by Crippen LogP contribution is -2.06. The number of carbonyl (C=O) groups excluding carboxylic acids is 1. The molecule has 5 nitrogen and oxygen atoms in total. The molecule has 0 unspecified atom stereocenters. The Balaban J connectivity index is 2.23. The summed E-state index contributed by atoms with van der Waals surface area (Å²) < 4.78 is 28.7. The van der Waals surface area contributed by atoms with Crippen LogP contribution in [0.2, 0.25) is 0 Å². The molecule has 0 amide bonds. The first kappa shape index (κ1) is 16.2. The molecule has 6 heteroatoms. The number of fused-ring (bicyclic) bond motifs is 1. The van der Waals surface area contributed by atoms with Crippen LogP contribution in [0.25, 0.3) is 0 Å². The zero-order valence-corrected chi connectivity index (χ0v) is 13.4. The topological polar surface area (TPSA) is 61.8 Å². The Morgan fingerprint density at radius 1 is 1.10 bits per heavy atom. The molecule has 0 heterocycles. The lowest BCUT2D eigenvalue weighted by molar-refractivity contribution is 0.0992. The number of phosphoric ester groups is 1. The summed E-state index contributed by atoms with van der Waals surface area (Å²) in [5.41, 5.74) is 1.44. The van der Waals surface area contributed by atoms with Crippen LogP contribution in [-0.4, -0.2) is 19.0 Å². The van der Waals surface area contributed by atoms with E-state index in [9.17, 15) is 9.36 Å². The summed E-state index contributed by atoms with van der Waals surface area (Å²) in [5, 5.41) is 0. The molecule has 0 spiro atoms. The van der Waals surface area contributed by atoms with Gasteiger partial charge in [-0.2, -0.15) is 0 Å². The third kappa shape index (κ3) is 3.94. The van der Waals surface area contributed by atoms with Crippen molar-refractivity contribution in [2.75, 3.05) is 13.2 Å². The fraction of sp³-hybridized carbons (Fsp3) is 0.533. The van der Waals surface area contributed by atoms with E-state index in [0.29, 0.717) is 37.0 Å². The highest BCUT2D eigenvalue weighted by Crippen LogP contribution is 2.51. The van der Waals surface area contributed by atoms with Crippen molar-refractivity contribution in [1.82, 2.24) is 0 Å². The Hall–Kier alpha value is -1.16. The first-order chi connectivity index (χ1) is 10.1. The van der Waals surface area contributed by atoms with Crippen LogP contribution >= 0.6 is 7.82 Å². The number of hydrogen-bond acceptors (Lipinski definition) is 5. The number of phosphoric acid groups is 1. The average molecular weight is 312 g/mol. The lowest BCUT2D eigenvalue weighted by Gasteiger charge is -2.19. The third-order valence-corrected chi connectivity index (χ3v) is 4.55. The molecule has 1 aliphatic carbocycles. The van der Waals surface area contributed by atoms with Crippen LogP contribution < -0.4 is 4.52 Å². The van der Waals surface area contributed by atoms with Crippen LogP contribution in [0.15, 0.2) is 18.2 Å². The molecule has 0 aromatic heterocycles. The van der Waals surface area contributed by atoms with Gasteiger partial charge in [0.25, 0.3) is 0 Å². The van der Waals surface area contributed by atoms with E-state index in [0.717, 1.165) is 5.56 Å². The molecule has 0 bridgehead atoms. The average Bonchev–Trinajstić information content (AvgIpc) is 2.86. The van der Waals surface area contributed by atoms with Crippen molar-refractivity contribution in [2.24, 2.45) is 0 Å². The quantitative estimate of drug-likeness (QED) is 0.675. The van der Waals surface area contributed by atoms with Crippen LogP contribution in [0.1, 0.15) is 49.0 Å². The summed E-state index contributed by atoms with van der Waals surface area (Å²) >= 11 is 0. The van der Waals surface area contributed by atoms with Gasteiger partial charge in [0, 0.05) is 6.42 Å². The van der Waals surface area contributed by atoms with E-state index in [-0.39, 0.29) is 19.0 Å². The molecule has 0 saturated carbocycles. The summed E-state index contributed by atoms with van der Waals surface area (Å²) in [6, 6.07) is 5.31. The van der Waals surface area contributed by atoms with Gasteiger partial charge in [0.1, 0.15) is 5.75 Å². The first-order valence-corrected chi connectivity index (χ1v) is 8.79. The van der Waals surface area contributed by atoms with E-state index in [1.165, 1.54) is 0 Å². The molecule has 0 fully saturated rings. The van der Waals surface area contributed by atoms with Crippen LogP contribution in [0.3, 0.4) is 0 Å². The smallest absolute Gasteiger partial charge is 0.403 e. The van der Waals surface area contributed by atoms with Gasteiger partial charge in [0.15, 0.2) is 5.78 Å². The van der Waals surface area contributed by atoms with Crippen LogP contribution in [0.4, 0.5) is 0 Å². The molecular formula is C15H21O5P. The van der Waals surface area contributed by atoms with E-state index >= 15 is 0 Å². The van der Waals surface area contributed by atoms with Gasteiger partial charge >= 0.3 is 7.82 Å². The van der Waals surface area contributed by atoms with Crippen molar-refractivity contribution >= 4 is 13.6 Å². The molecule has 21 heavy (non-hydrogen) atoms. The van der Waals surface area contributed by atoms with Gasteiger partial charge in [-0.15, -0.1) is 0 Å². The molecule has 1 aromatic rings. The van der Waals surface area contributed by atoms with Gasteiger partial charge in [-0.3, -0.25) is 13.8 Å². The molecule has 0 atom stereocenters. The monoisotopic (exact) mass is 312 g/mol. The van der Waals surface area contributed by atoms with Crippen molar-refractivity contribution in [2.45, 2.75) is 39.5 Å². The summed E-state index contributed by atoms with van der Waals surface area (Å²) in [6.07, 6.45) is 2.57. The van der Waals surface area contributed by atoms with E-state index in [2.05, 4.69) is 0 Å². The van der Waals surface area contributed by atoms with Gasteiger partial charge in [-0.05, 0) is 30.9 Å². The number of benzene rings is 1.